The van der Waals surface area contributed by atoms with Crippen LogP contribution in [0.5, 0.6) is 0 Å². The molecule has 164 valence electrons. The minimum atomic E-state index is -3.23. The highest BCUT2D eigenvalue weighted by molar-refractivity contribution is 7.89. The first kappa shape index (κ1) is 23.9. The molecule has 2 aromatic carbocycles. The second-order valence-corrected chi connectivity index (χ2v) is 10.4. The second-order valence-electron chi connectivity index (χ2n) is 8.23. The molecule has 5 nitrogen and oxygen atoms in total. The number of hydrogen-bond acceptors (Lipinski definition) is 3. The third-order valence-electron chi connectivity index (χ3n) is 4.91. The largest absolute Gasteiger partial charge is 0.357 e. The average molecular weight is 434 g/mol. The number of aliphatic imine (C=N–C) groups is 1. The molecule has 0 atom stereocenters. The maximum Gasteiger partial charge on any atom is 0.191 e. The Morgan fingerprint density at radius 3 is 2.43 bits per heavy atom. The summed E-state index contributed by atoms with van der Waals surface area (Å²) < 4.78 is 37.2. The number of nitrogens with zero attached hydrogens (tertiary/aromatic N) is 1. The van der Waals surface area contributed by atoms with E-state index in [9.17, 15) is 12.8 Å². The molecule has 2 N–H and O–H groups in total. The van der Waals surface area contributed by atoms with Gasteiger partial charge in [0.05, 0.1) is 12.3 Å². The fraction of sp³-hybridized carbons (Fsp3) is 0.435. The topological polar surface area (TPSA) is 70.6 Å². The number of sulfone groups is 1. The van der Waals surface area contributed by atoms with E-state index in [4.69, 9.17) is 0 Å². The fourth-order valence-corrected chi connectivity index (χ4v) is 4.25. The van der Waals surface area contributed by atoms with E-state index < -0.39 is 15.7 Å². The summed E-state index contributed by atoms with van der Waals surface area (Å²) in [6.45, 7) is 9.93. The summed E-state index contributed by atoms with van der Waals surface area (Å²) in [5.74, 6) is 0.0624. The Morgan fingerprint density at radius 1 is 1.10 bits per heavy atom. The zero-order valence-electron chi connectivity index (χ0n) is 18.4. The summed E-state index contributed by atoms with van der Waals surface area (Å²) in [5.41, 5.74) is 3.50. The summed E-state index contributed by atoms with van der Waals surface area (Å²) in [6.07, 6.45) is 1.17. The highest BCUT2D eigenvalue weighted by Gasteiger charge is 2.22. The van der Waals surface area contributed by atoms with Crippen molar-refractivity contribution >= 4 is 15.8 Å². The summed E-state index contributed by atoms with van der Waals surface area (Å²) in [6, 6.07) is 12.4. The summed E-state index contributed by atoms with van der Waals surface area (Å²) in [7, 11) is -3.23. The zero-order chi connectivity index (χ0) is 22.4. The van der Waals surface area contributed by atoms with Gasteiger partial charge in [0.1, 0.15) is 5.82 Å². The molecule has 0 fully saturated rings. The van der Waals surface area contributed by atoms with Gasteiger partial charge in [-0.2, -0.15) is 0 Å². The van der Waals surface area contributed by atoms with Crippen LogP contribution in [0.4, 0.5) is 4.39 Å². The van der Waals surface area contributed by atoms with Crippen molar-refractivity contribution in [3.05, 3.63) is 70.5 Å². The van der Waals surface area contributed by atoms with Crippen molar-refractivity contribution in [1.82, 2.24) is 10.6 Å². The van der Waals surface area contributed by atoms with Gasteiger partial charge in [0.15, 0.2) is 15.8 Å². The number of benzene rings is 2. The molecule has 0 saturated heterocycles. The van der Waals surface area contributed by atoms with Crippen LogP contribution in [0.2, 0.25) is 0 Å². The molecule has 7 heteroatoms. The minimum absolute atomic E-state index is 0.123. The maximum absolute atomic E-state index is 13.8. The smallest absolute Gasteiger partial charge is 0.191 e. The highest BCUT2D eigenvalue weighted by atomic mass is 32.2. The molecular weight excluding hydrogens is 401 g/mol. The van der Waals surface area contributed by atoms with E-state index in [0.29, 0.717) is 30.2 Å². The van der Waals surface area contributed by atoms with Gasteiger partial charge in [0.2, 0.25) is 0 Å². The predicted octanol–water partition coefficient (Wildman–Crippen LogP) is 3.71. The van der Waals surface area contributed by atoms with Gasteiger partial charge in [-0.25, -0.2) is 17.8 Å². The van der Waals surface area contributed by atoms with E-state index >= 15 is 0 Å². The lowest BCUT2D eigenvalue weighted by Crippen LogP contribution is -2.43. The Labute approximate surface area is 179 Å². The second kappa shape index (κ2) is 10.1. The molecule has 0 bridgehead atoms. The summed E-state index contributed by atoms with van der Waals surface area (Å²) in [5, 5.41) is 6.57. The first-order chi connectivity index (χ1) is 14.0. The summed E-state index contributed by atoms with van der Waals surface area (Å²) in [4.78, 5) is 4.57. The van der Waals surface area contributed by atoms with Gasteiger partial charge in [-0.1, -0.05) is 44.2 Å². The third kappa shape index (κ3) is 7.13. The van der Waals surface area contributed by atoms with Gasteiger partial charge in [0, 0.05) is 24.8 Å². The number of rotatable bonds is 8. The van der Waals surface area contributed by atoms with Crippen molar-refractivity contribution in [3.63, 3.8) is 0 Å². The molecule has 0 aliphatic carbocycles. The van der Waals surface area contributed by atoms with Crippen LogP contribution in [0.1, 0.15) is 43.0 Å². The third-order valence-corrected chi connectivity index (χ3v) is 5.75. The molecule has 30 heavy (non-hydrogen) atoms. The number of hydrogen-bond donors (Lipinski definition) is 2. The molecule has 0 spiro atoms. The SMILES string of the molecule is CCNC(=NCc1cc(F)ccc1CS(C)(=O)=O)NCC(C)(C)c1ccccc1C. The van der Waals surface area contributed by atoms with Crippen LogP contribution in [0.25, 0.3) is 0 Å². The standard InChI is InChI=1S/C23H32FN3O2S/c1-6-25-22(27-16-23(3,4)21-10-8-7-9-17(21)2)26-14-19-13-20(24)12-11-18(19)15-30(5,28)29/h7-13H,6,14-16H2,1-5H3,(H2,25,26,27). The van der Waals surface area contributed by atoms with E-state index in [1.165, 1.54) is 35.6 Å². The van der Waals surface area contributed by atoms with E-state index in [2.05, 4.69) is 48.5 Å². The Kier molecular flexibility index (Phi) is 8.01. The Morgan fingerprint density at radius 2 is 1.80 bits per heavy atom. The molecule has 0 unspecified atom stereocenters. The van der Waals surface area contributed by atoms with Gasteiger partial charge in [-0.05, 0) is 48.2 Å². The zero-order valence-corrected chi connectivity index (χ0v) is 19.2. The Balaban J connectivity index is 2.19. The van der Waals surface area contributed by atoms with Gasteiger partial charge >= 0.3 is 0 Å². The number of nitrogens with one attached hydrogen (secondary N) is 2. The lowest BCUT2D eigenvalue weighted by Gasteiger charge is -2.28. The Bertz CT molecular complexity index is 1000. The minimum Gasteiger partial charge on any atom is -0.357 e. The normalized spacial score (nSPS) is 12.7. The van der Waals surface area contributed by atoms with E-state index in [-0.39, 0.29) is 17.7 Å². The number of halogens is 1. The van der Waals surface area contributed by atoms with Gasteiger partial charge < -0.3 is 10.6 Å². The van der Waals surface area contributed by atoms with Crippen molar-refractivity contribution in [2.75, 3.05) is 19.3 Å². The molecule has 0 aliphatic rings. The van der Waals surface area contributed by atoms with Gasteiger partial charge in [-0.3, -0.25) is 0 Å². The highest BCUT2D eigenvalue weighted by Crippen LogP contribution is 2.25. The van der Waals surface area contributed by atoms with Gasteiger partial charge in [-0.15, -0.1) is 0 Å². The molecule has 0 radical (unpaired) electrons. The van der Waals surface area contributed by atoms with E-state index in [1.807, 2.05) is 19.1 Å². The average Bonchev–Trinajstić information content (AvgIpc) is 2.65. The lowest BCUT2D eigenvalue weighted by atomic mass is 9.82. The molecule has 0 amide bonds. The molecule has 0 aromatic heterocycles. The molecule has 0 saturated carbocycles. The fourth-order valence-electron chi connectivity index (χ4n) is 3.40. The van der Waals surface area contributed by atoms with Crippen molar-refractivity contribution in [2.45, 2.75) is 45.4 Å². The molecular formula is C23H32FN3O2S. The van der Waals surface area contributed by atoms with Crippen LogP contribution in [0.3, 0.4) is 0 Å². The quantitative estimate of drug-likeness (QED) is 0.492. The number of aryl methyl sites for hydroxylation is 1. The maximum atomic E-state index is 13.8. The predicted molar refractivity (Wildman–Crippen MR) is 122 cm³/mol. The number of guanidine groups is 1. The van der Waals surface area contributed by atoms with E-state index in [0.717, 1.165) is 0 Å². The summed E-state index contributed by atoms with van der Waals surface area (Å²) >= 11 is 0. The lowest BCUT2D eigenvalue weighted by molar-refractivity contribution is 0.506. The van der Waals surface area contributed by atoms with Crippen molar-refractivity contribution < 1.29 is 12.8 Å². The molecule has 0 aliphatic heterocycles. The van der Waals surface area contributed by atoms with Crippen molar-refractivity contribution in [3.8, 4) is 0 Å². The molecule has 2 rings (SSSR count). The van der Waals surface area contributed by atoms with Crippen molar-refractivity contribution in [2.24, 2.45) is 4.99 Å². The Hall–Kier alpha value is -2.41. The van der Waals surface area contributed by atoms with Crippen LogP contribution in [0.15, 0.2) is 47.5 Å². The first-order valence-corrected chi connectivity index (χ1v) is 12.1. The van der Waals surface area contributed by atoms with Crippen molar-refractivity contribution in [1.29, 1.82) is 0 Å². The van der Waals surface area contributed by atoms with Crippen LogP contribution >= 0.6 is 0 Å². The molecule has 2 aromatic rings. The van der Waals surface area contributed by atoms with Gasteiger partial charge in [0.25, 0.3) is 0 Å². The molecule has 0 heterocycles. The van der Waals surface area contributed by atoms with Crippen LogP contribution in [-0.2, 0) is 27.5 Å². The monoisotopic (exact) mass is 433 g/mol. The van der Waals surface area contributed by atoms with E-state index in [1.54, 1.807) is 0 Å². The first-order valence-electron chi connectivity index (χ1n) is 10.0. The van der Waals surface area contributed by atoms with Crippen LogP contribution in [-0.4, -0.2) is 33.7 Å². The van der Waals surface area contributed by atoms with Crippen LogP contribution in [0, 0.1) is 12.7 Å². The van der Waals surface area contributed by atoms with Crippen LogP contribution < -0.4 is 10.6 Å².